The average molecular weight is 282 g/mol. The van der Waals surface area contributed by atoms with E-state index in [2.05, 4.69) is 28.9 Å². The summed E-state index contributed by atoms with van der Waals surface area (Å²) in [7, 11) is 0. The van der Waals surface area contributed by atoms with Crippen molar-refractivity contribution in [2.24, 2.45) is 5.84 Å². The number of pyridine rings is 1. The molecule has 0 radical (unpaired) electrons. The van der Waals surface area contributed by atoms with Crippen molar-refractivity contribution >= 4 is 23.5 Å². The fourth-order valence-electron chi connectivity index (χ4n) is 1.70. The monoisotopic (exact) mass is 282 g/mol. The summed E-state index contributed by atoms with van der Waals surface area (Å²) in [6, 6.07) is 3.50. The molecule has 0 bridgehead atoms. The highest BCUT2D eigenvalue weighted by atomic mass is 32.2. The minimum absolute atomic E-state index is 0.0719. The molecule has 0 saturated heterocycles. The average Bonchev–Trinajstić information content (AvgIpc) is 2.43. The number of hydrazine groups is 1. The van der Waals surface area contributed by atoms with Crippen molar-refractivity contribution in [3.8, 4) is 0 Å². The Bertz CT molecular complexity index is 412. The first kappa shape index (κ1) is 15.8. The summed E-state index contributed by atoms with van der Waals surface area (Å²) in [6.07, 6.45) is 4.85. The van der Waals surface area contributed by atoms with Crippen LogP contribution in [0.25, 0.3) is 0 Å². The van der Waals surface area contributed by atoms with Gasteiger partial charge in [-0.15, -0.1) is 0 Å². The van der Waals surface area contributed by atoms with Crippen LogP contribution in [0.2, 0.25) is 0 Å². The summed E-state index contributed by atoms with van der Waals surface area (Å²) < 4.78 is 0. The lowest BCUT2D eigenvalue weighted by Crippen LogP contribution is -2.25. The lowest BCUT2D eigenvalue weighted by molar-refractivity contribution is 0.0953. The minimum atomic E-state index is -0.0719. The molecule has 1 aromatic heterocycles. The molecule has 1 amide bonds. The van der Waals surface area contributed by atoms with Crippen LogP contribution >= 0.6 is 11.8 Å². The van der Waals surface area contributed by atoms with E-state index in [1.165, 1.54) is 0 Å². The van der Waals surface area contributed by atoms with Gasteiger partial charge in [0.2, 0.25) is 0 Å². The van der Waals surface area contributed by atoms with Gasteiger partial charge < -0.3 is 10.7 Å². The number of aryl methyl sites for hydroxylation is 1. The van der Waals surface area contributed by atoms with Crippen molar-refractivity contribution in [3.05, 3.63) is 23.4 Å². The number of thioether (sulfide) groups is 1. The van der Waals surface area contributed by atoms with Crippen LogP contribution in [0.4, 0.5) is 5.82 Å². The second-order valence-electron chi connectivity index (χ2n) is 4.23. The predicted molar refractivity (Wildman–Crippen MR) is 81.4 cm³/mol. The summed E-state index contributed by atoms with van der Waals surface area (Å²) in [5.41, 5.74) is 3.99. The van der Waals surface area contributed by atoms with Crippen LogP contribution in [0.1, 0.15) is 35.8 Å². The van der Waals surface area contributed by atoms with Gasteiger partial charge in [0.05, 0.1) is 0 Å². The molecule has 0 atom stereocenters. The van der Waals surface area contributed by atoms with Crippen LogP contribution in [0.5, 0.6) is 0 Å². The Morgan fingerprint density at radius 3 is 2.89 bits per heavy atom. The zero-order chi connectivity index (χ0) is 14.1. The van der Waals surface area contributed by atoms with Crippen LogP contribution in [-0.2, 0) is 6.42 Å². The molecule has 0 aromatic carbocycles. The first-order valence-electron chi connectivity index (χ1n) is 6.46. The van der Waals surface area contributed by atoms with E-state index in [-0.39, 0.29) is 5.91 Å². The fraction of sp³-hybridized carbons (Fsp3) is 0.538. The van der Waals surface area contributed by atoms with Gasteiger partial charge in [-0.3, -0.25) is 4.79 Å². The Morgan fingerprint density at radius 1 is 1.47 bits per heavy atom. The molecule has 5 nitrogen and oxygen atoms in total. The van der Waals surface area contributed by atoms with Gasteiger partial charge in [-0.2, -0.15) is 11.8 Å². The number of carbonyl (C=O) groups excluding carboxylic acids is 1. The standard InChI is InChI=1S/C13H22N4OS/c1-3-5-11-8-10(9-12(16-11)17-14)13(18)15-6-4-7-19-2/h8-9H,3-7,14H2,1-2H3,(H,15,18)(H,16,17). The van der Waals surface area contributed by atoms with Crippen molar-refractivity contribution in [2.45, 2.75) is 26.2 Å². The summed E-state index contributed by atoms with van der Waals surface area (Å²) in [6.45, 7) is 2.77. The SMILES string of the molecule is CCCc1cc(C(=O)NCCCSC)cc(NN)n1. The third kappa shape index (κ3) is 5.48. The van der Waals surface area contributed by atoms with E-state index in [9.17, 15) is 4.79 Å². The summed E-state index contributed by atoms with van der Waals surface area (Å²) in [5, 5.41) is 2.91. The Balaban J connectivity index is 2.69. The van der Waals surface area contributed by atoms with E-state index < -0.39 is 0 Å². The number of nitrogens with one attached hydrogen (secondary N) is 2. The van der Waals surface area contributed by atoms with Crippen LogP contribution in [0, 0.1) is 0 Å². The highest BCUT2D eigenvalue weighted by Gasteiger charge is 2.09. The molecule has 0 fully saturated rings. The molecule has 6 heteroatoms. The number of nitrogens with two attached hydrogens (primary N) is 1. The third-order valence-electron chi connectivity index (χ3n) is 2.61. The van der Waals surface area contributed by atoms with E-state index in [0.29, 0.717) is 17.9 Å². The molecular weight excluding hydrogens is 260 g/mol. The molecular formula is C13H22N4OS. The van der Waals surface area contributed by atoms with E-state index in [1.807, 2.05) is 6.07 Å². The Labute approximate surface area is 118 Å². The Morgan fingerprint density at radius 2 is 2.26 bits per heavy atom. The molecule has 4 N–H and O–H groups in total. The smallest absolute Gasteiger partial charge is 0.251 e. The van der Waals surface area contributed by atoms with Crippen LogP contribution in [0.3, 0.4) is 0 Å². The molecule has 1 heterocycles. The molecule has 1 aromatic rings. The van der Waals surface area contributed by atoms with E-state index >= 15 is 0 Å². The molecule has 0 unspecified atom stereocenters. The van der Waals surface area contributed by atoms with Crippen molar-refractivity contribution in [2.75, 3.05) is 24.0 Å². The number of hydrogen-bond donors (Lipinski definition) is 3. The molecule has 0 saturated carbocycles. The molecule has 0 aliphatic carbocycles. The number of aromatic nitrogens is 1. The molecule has 106 valence electrons. The number of hydrogen-bond acceptors (Lipinski definition) is 5. The first-order valence-corrected chi connectivity index (χ1v) is 7.85. The second kappa shape index (κ2) is 8.77. The summed E-state index contributed by atoms with van der Waals surface area (Å²) in [4.78, 5) is 16.3. The Kier molecular flexibility index (Phi) is 7.28. The van der Waals surface area contributed by atoms with Crippen molar-refractivity contribution in [1.29, 1.82) is 0 Å². The number of rotatable bonds is 8. The molecule has 0 aliphatic rings. The van der Waals surface area contributed by atoms with Crippen LogP contribution < -0.4 is 16.6 Å². The topological polar surface area (TPSA) is 80.0 Å². The van der Waals surface area contributed by atoms with Gasteiger partial charge in [0, 0.05) is 17.8 Å². The lowest BCUT2D eigenvalue weighted by atomic mass is 10.1. The van der Waals surface area contributed by atoms with Gasteiger partial charge in [0.1, 0.15) is 5.82 Å². The quantitative estimate of drug-likeness (QED) is 0.385. The summed E-state index contributed by atoms with van der Waals surface area (Å²) >= 11 is 1.78. The maximum atomic E-state index is 12.0. The molecule has 0 aliphatic heterocycles. The van der Waals surface area contributed by atoms with E-state index in [0.717, 1.165) is 30.7 Å². The number of amides is 1. The highest BCUT2D eigenvalue weighted by molar-refractivity contribution is 7.98. The van der Waals surface area contributed by atoms with Crippen molar-refractivity contribution in [1.82, 2.24) is 10.3 Å². The van der Waals surface area contributed by atoms with Gasteiger partial charge in [0.25, 0.3) is 5.91 Å². The minimum Gasteiger partial charge on any atom is -0.352 e. The number of nitrogens with zero attached hydrogens (tertiary/aromatic N) is 1. The maximum absolute atomic E-state index is 12.0. The van der Waals surface area contributed by atoms with Crippen LogP contribution in [0.15, 0.2) is 12.1 Å². The van der Waals surface area contributed by atoms with Gasteiger partial charge in [0.15, 0.2) is 0 Å². The largest absolute Gasteiger partial charge is 0.352 e. The van der Waals surface area contributed by atoms with Gasteiger partial charge >= 0.3 is 0 Å². The lowest BCUT2D eigenvalue weighted by Gasteiger charge is -2.09. The van der Waals surface area contributed by atoms with Gasteiger partial charge in [-0.1, -0.05) is 13.3 Å². The molecule has 19 heavy (non-hydrogen) atoms. The fourth-order valence-corrected chi connectivity index (χ4v) is 2.13. The third-order valence-corrected chi connectivity index (χ3v) is 3.30. The van der Waals surface area contributed by atoms with Crippen molar-refractivity contribution < 1.29 is 4.79 Å². The highest BCUT2D eigenvalue weighted by Crippen LogP contribution is 2.11. The Hall–Kier alpha value is -1.27. The molecule has 0 spiro atoms. The number of anilines is 1. The normalized spacial score (nSPS) is 10.3. The number of nitrogen functional groups attached to an aromatic ring is 1. The van der Waals surface area contributed by atoms with Crippen molar-refractivity contribution in [3.63, 3.8) is 0 Å². The van der Waals surface area contributed by atoms with E-state index in [1.54, 1.807) is 17.8 Å². The van der Waals surface area contributed by atoms with E-state index in [4.69, 9.17) is 5.84 Å². The second-order valence-corrected chi connectivity index (χ2v) is 5.21. The zero-order valence-electron chi connectivity index (χ0n) is 11.5. The summed E-state index contributed by atoms with van der Waals surface area (Å²) in [5.74, 6) is 6.88. The first-order chi connectivity index (χ1) is 9.21. The predicted octanol–water partition coefficient (Wildman–Crippen LogP) is 1.80. The van der Waals surface area contributed by atoms with Gasteiger partial charge in [-0.25, -0.2) is 10.8 Å². The number of carbonyl (C=O) groups is 1. The maximum Gasteiger partial charge on any atom is 0.251 e. The zero-order valence-corrected chi connectivity index (χ0v) is 12.3. The molecule has 1 rings (SSSR count). The van der Waals surface area contributed by atoms with Crippen LogP contribution in [-0.4, -0.2) is 29.4 Å². The van der Waals surface area contributed by atoms with Gasteiger partial charge in [-0.05, 0) is 37.0 Å².